The average Bonchev–Trinajstić information content (AvgIpc) is 2.41. The molecule has 0 aliphatic rings. The van der Waals surface area contributed by atoms with Crippen molar-refractivity contribution in [2.75, 3.05) is 34.8 Å². The molecule has 0 rings (SSSR count). The summed E-state index contributed by atoms with van der Waals surface area (Å²) in [5, 5.41) is 16.5. The fourth-order valence-corrected chi connectivity index (χ4v) is 1.05. The topological polar surface area (TPSA) is 65.2 Å². The zero-order valence-electron chi connectivity index (χ0n) is 13.6. The molecule has 1 atom stereocenters. The molecule has 0 aliphatic carbocycles. The minimum Gasteiger partial charge on any atom is -0.741 e. The molecule has 0 heterocycles. The van der Waals surface area contributed by atoms with Crippen LogP contribution in [-0.2, 0) is 47.1 Å². The number of hydrogen-bond donors (Lipinski definition) is 0. The maximum atomic E-state index is 5.48. The number of nitrogens with zero attached hydrogens (tertiary/aromatic N) is 6. The molecule has 0 amide bonds. The first-order chi connectivity index (χ1) is 9.79. The summed E-state index contributed by atoms with van der Waals surface area (Å²) < 4.78 is 5.48. The molecule has 1 unspecified atom stereocenters. The van der Waals surface area contributed by atoms with Gasteiger partial charge in [-0.15, -0.1) is 0 Å². The Morgan fingerprint density at radius 2 is 1.55 bits per heavy atom. The fourth-order valence-electron chi connectivity index (χ4n) is 0.964. The van der Waals surface area contributed by atoms with Gasteiger partial charge in [0.1, 0.15) is 11.8 Å². The number of rotatable bonds is 6. The van der Waals surface area contributed by atoms with Crippen molar-refractivity contribution < 1.29 is 21.8 Å². The molecule has 0 aromatic rings. The zero-order chi connectivity index (χ0) is 16.4. The van der Waals surface area contributed by atoms with Gasteiger partial charge < -0.3 is 39.8 Å². The maximum Gasteiger partial charge on any atom is 2.00 e. The smallest absolute Gasteiger partial charge is 0.741 e. The van der Waals surface area contributed by atoms with E-state index in [-0.39, 0.29) is 23.2 Å². The summed E-state index contributed by atoms with van der Waals surface area (Å²) >= 11 is 10.1. The van der Waals surface area contributed by atoms with Gasteiger partial charge in [-0.3, -0.25) is 0 Å². The van der Waals surface area contributed by atoms with Gasteiger partial charge in [0, 0.05) is 45.1 Å². The van der Waals surface area contributed by atoms with E-state index < -0.39 is 0 Å². The average molecular weight is 394 g/mol. The SMILES string of the molecule is CCOC(C)C(/C=N/N=C(\[S-])N(C)C)=N\N=C(/[S-])N(C)C.[Cu+2]. The molecule has 0 aromatic carbocycles. The molecule has 0 aliphatic heterocycles. The maximum absolute atomic E-state index is 5.48. The van der Waals surface area contributed by atoms with E-state index in [1.807, 2.05) is 13.8 Å². The standard InChI is InChI=1S/C12H24N6OS2.Cu/c1-7-19-9(2)10(14-16-12(21)18(5)6)8-13-15-11(20)17(3)4;/h8-9H,7H2,1-6H3,(H,15,20)(H,16,21);/q;+2/p-2/b13-8+,14-10-;. The molecule has 22 heavy (non-hydrogen) atoms. The molecule has 0 N–H and O–H groups in total. The normalized spacial score (nSPS) is 14.7. The summed E-state index contributed by atoms with van der Waals surface area (Å²) in [5.41, 5.74) is 0.520. The summed E-state index contributed by atoms with van der Waals surface area (Å²) in [4.78, 5) is 3.37. The molecule has 1 radical (unpaired) electrons. The molecule has 0 fully saturated rings. The van der Waals surface area contributed by atoms with Crippen molar-refractivity contribution >= 4 is 47.5 Å². The molecular formula is C12H22CuN6OS2. The van der Waals surface area contributed by atoms with Gasteiger partial charge in [-0.1, -0.05) is 0 Å². The van der Waals surface area contributed by atoms with Crippen molar-refractivity contribution in [3.63, 3.8) is 0 Å². The second-order valence-corrected chi connectivity index (χ2v) is 5.15. The van der Waals surface area contributed by atoms with E-state index in [1.165, 1.54) is 6.21 Å². The van der Waals surface area contributed by atoms with E-state index in [2.05, 4.69) is 20.4 Å². The number of amidine groups is 2. The van der Waals surface area contributed by atoms with Gasteiger partial charge >= 0.3 is 17.1 Å². The van der Waals surface area contributed by atoms with Crippen molar-refractivity contribution in [1.82, 2.24) is 9.80 Å². The van der Waals surface area contributed by atoms with Crippen molar-refractivity contribution in [3.8, 4) is 0 Å². The monoisotopic (exact) mass is 393 g/mol. The summed E-state index contributed by atoms with van der Waals surface area (Å²) in [6.07, 6.45) is 1.20. The summed E-state index contributed by atoms with van der Waals surface area (Å²) in [5.74, 6) is 0. The van der Waals surface area contributed by atoms with Crippen LogP contribution in [0.3, 0.4) is 0 Å². The first-order valence-corrected chi connectivity index (χ1v) is 7.18. The van der Waals surface area contributed by atoms with Crippen LogP contribution < -0.4 is 0 Å². The molecule has 0 aromatic heterocycles. The predicted octanol–water partition coefficient (Wildman–Crippen LogP) is 0.680. The van der Waals surface area contributed by atoms with Gasteiger partial charge in [0.05, 0.1) is 6.21 Å². The molecule has 7 nitrogen and oxygen atoms in total. The van der Waals surface area contributed by atoms with Crippen LogP contribution >= 0.6 is 0 Å². The van der Waals surface area contributed by atoms with Crippen LogP contribution in [0.2, 0.25) is 0 Å². The zero-order valence-corrected chi connectivity index (χ0v) is 16.1. The van der Waals surface area contributed by atoms with Gasteiger partial charge in [-0.25, -0.2) is 0 Å². The van der Waals surface area contributed by atoms with Crippen LogP contribution in [0.25, 0.3) is 0 Å². The van der Waals surface area contributed by atoms with Crippen LogP contribution in [0, 0.1) is 0 Å². The molecule has 0 bridgehead atoms. The Hall–Kier alpha value is -0.801. The van der Waals surface area contributed by atoms with E-state index in [4.69, 9.17) is 30.0 Å². The molecular weight excluding hydrogens is 372 g/mol. The van der Waals surface area contributed by atoms with Crippen LogP contribution in [0.1, 0.15) is 13.8 Å². The van der Waals surface area contributed by atoms with Crippen LogP contribution in [-0.4, -0.2) is 73.0 Å². The van der Waals surface area contributed by atoms with E-state index in [0.29, 0.717) is 22.7 Å². The van der Waals surface area contributed by atoms with Gasteiger partial charge in [-0.05, 0) is 13.8 Å². The van der Waals surface area contributed by atoms with E-state index >= 15 is 0 Å². The largest absolute Gasteiger partial charge is 2.00 e. The second kappa shape index (κ2) is 12.7. The van der Waals surface area contributed by atoms with Gasteiger partial charge in [0.2, 0.25) is 0 Å². The second-order valence-electron chi connectivity index (χ2n) is 4.42. The fraction of sp³-hybridized carbons (Fsp3) is 0.667. The quantitative estimate of drug-likeness (QED) is 0.218. The first kappa shape index (κ1) is 23.5. The van der Waals surface area contributed by atoms with Crippen LogP contribution in [0.5, 0.6) is 0 Å². The molecule has 129 valence electrons. The van der Waals surface area contributed by atoms with E-state index in [1.54, 1.807) is 38.0 Å². The molecule has 0 spiro atoms. The minimum atomic E-state index is -0.268. The third-order valence-corrected chi connectivity index (χ3v) is 3.08. The molecule has 0 saturated heterocycles. The molecule has 0 saturated carbocycles. The Morgan fingerprint density at radius 1 is 1.05 bits per heavy atom. The minimum absolute atomic E-state index is 0. The summed E-state index contributed by atoms with van der Waals surface area (Å²) in [6, 6.07) is 0. The van der Waals surface area contributed by atoms with Crippen LogP contribution in [0.4, 0.5) is 0 Å². The summed E-state index contributed by atoms with van der Waals surface area (Å²) in [7, 11) is 7.19. The number of ether oxygens (including phenoxy) is 1. The Morgan fingerprint density at radius 3 is 2.00 bits per heavy atom. The van der Waals surface area contributed by atoms with Crippen molar-refractivity contribution in [3.05, 3.63) is 0 Å². The van der Waals surface area contributed by atoms with Gasteiger partial charge in [0.15, 0.2) is 0 Å². The van der Waals surface area contributed by atoms with Crippen LogP contribution in [0.15, 0.2) is 20.4 Å². The predicted molar refractivity (Wildman–Crippen MR) is 94.0 cm³/mol. The first-order valence-electron chi connectivity index (χ1n) is 6.36. The van der Waals surface area contributed by atoms with E-state index in [0.717, 1.165) is 0 Å². The third-order valence-electron chi connectivity index (χ3n) is 2.18. The Kier molecular flexibility index (Phi) is 13.6. The van der Waals surface area contributed by atoms with E-state index in [9.17, 15) is 0 Å². The van der Waals surface area contributed by atoms with Crippen molar-refractivity contribution in [1.29, 1.82) is 0 Å². The summed E-state index contributed by atoms with van der Waals surface area (Å²) in [6.45, 7) is 4.31. The van der Waals surface area contributed by atoms with Gasteiger partial charge in [-0.2, -0.15) is 20.4 Å². The van der Waals surface area contributed by atoms with Crippen molar-refractivity contribution in [2.24, 2.45) is 20.4 Å². The van der Waals surface area contributed by atoms with Crippen molar-refractivity contribution in [2.45, 2.75) is 20.0 Å². The Labute approximate surface area is 154 Å². The Bertz CT molecular complexity index is 437. The third kappa shape index (κ3) is 10.0. The number of hydrogen-bond acceptors (Lipinski definition) is 7. The molecule has 10 heteroatoms. The Balaban J connectivity index is 0. The van der Waals surface area contributed by atoms with Gasteiger partial charge in [0.25, 0.3) is 0 Å².